The van der Waals surface area contributed by atoms with Crippen LogP contribution in [0.5, 0.6) is 0 Å². The normalized spacial score (nSPS) is 11.2. The molecule has 116 valence electrons. The van der Waals surface area contributed by atoms with Gasteiger partial charge in [-0.05, 0) is 24.3 Å². The second-order valence-electron chi connectivity index (χ2n) is 4.58. The Bertz CT molecular complexity index is 818. The molecule has 0 atom stereocenters. The van der Waals surface area contributed by atoms with Gasteiger partial charge in [0, 0.05) is 16.3 Å². The Balaban J connectivity index is 2.20. The van der Waals surface area contributed by atoms with Crippen LogP contribution in [0.25, 0.3) is 0 Å². The van der Waals surface area contributed by atoms with Gasteiger partial charge in [0.25, 0.3) is 0 Å². The number of hydrogen-bond acceptors (Lipinski definition) is 4. The fourth-order valence-electron chi connectivity index (χ4n) is 1.82. The van der Waals surface area contributed by atoms with E-state index in [0.717, 1.165) is 6.26 Å². The predicted molar refractivity (Wildman–Crippen MR) is 82.8 cm³/mol. The number of hydrogen-bond donors (Lipinski definition) is 0. The number of benzene rings is 2. The Morgan fingerprint density at radius 1 is 1.23 bits per heavy atom. The lowest BCUT2D eigenvalue weighted by molar-refractivity contribution is 0.0464. The fourth-order valence-corrected chi connectivity index (χ4v) is 3.03. The highest BCUT2D eigenvalue weighted by Gasteiger charge is 2.19. The molecule has 0 aromatic heterocycles. The van der Waals surface area contributed by atoms with E-state index >= 15 is 0 Å². The van der Waals surface area contributed by atoms with Gasteiger partial charge in [0.05, 0.1) is 10.5 Å². The van der Waals surface area contributed by atoms with Crippen LogP contribution in [0.15, 0.2) is 51.8 Å². The van der Waals surface area contributed by atoms with Gasteiger partial charge < -0.3 is 4.74 Å². The van der Waals surface area contributed by atoms with Crippen LogP contribution in [-0.4, -0.2) is 20.6 Å². The van der Waals surface area contributed by atoms with E-state index < -0.39 is 21.6 Å². The van der Waals surface area contributed by atoms with Crippen LogP contribution in [0.1, 0.15) is 15.9 Å². The van der Waals surface area contributed by atoms with Gasteiger partial charge in [-0.2, -0.15) is 0 Å². The van der Waals surface area contributed by atoms with Crippen molar-refractivity contribution in [3.63, 3.8) is 0 Å². The molecular formula is C15H12BrFO4S. The van der Waals surface area contributed by atoms with Gasteiger partial charge in [-0.15, -0.1) is 0 Å². The molecule has 22 heavy (non-hydrogen) atoms. The molecule has 0 bridgehead atoms. The molecule has 7 heteroatoms. The molecule has 0 saturated carbocycles. The van der Waals surface area contributed by atoms with E-state index in [0.29, 0.717) is 4.47 Å². The molecule has 0 radical (unpaired) electrons. The van der Waals surface area contributed by atoms with E-state index in [1.54, 1.807) is 6.07 Å². The van der Waals surface area contributed by atoms with Crippen molar-refractivity contribution in [2.45, 2.75) is 11.5 Å². The molecule has 0 aliphatic heterocycles. The third-order valence-electron chi connectivity index (χ3n) is 2.88. The molecule has 2 rings (SSSR count). The smallest absolute Gasteiger partial charge is 0.339 e. The molecule has 0 N–H and O–H groups in total. The van der Waals surface area contributed by atoms with Gasteiger partial charge in [0.1, 0.15) is 12.4 Å². The van der Waals surface area contributed by atoms with Gasteiger partial charge in [0.2, 0.25) is 0 Å². The summed E-state index contributed by atoms with van der Waals surface area (Å²) in [6.07, 6.45) is 1.01. The molecule has 2 aromatic carbocycles. The van der Waals surface area contributed by atoms with Crippen LogP contribution >= 0.6 is 15.9 Å². The summed E-state index contributed by atoms with van der Waals surface area (Å²) in [6, 6.07) is 10.1. The molecule has 2 aromatic rings. The fraction of sp³-hybridized carbons (Fsp3) is 0.133. The van der Waals surface area contributed by atoms with Crippen molar-refractivity contribution in [3.05, 3.63) is 63.9 Å². The zero-order valence-electron chi connectivity index (χ0n) is 11.5. The van der Waals surface area contributed by atoms with E-state index in [4.69, 9.17) is 4.74 Å². The molecule has 0 aliphatic rings. The Kier molecular flexibility index (Phi) is 4.97. The Labute approximate surface area is 136 Å². The van der Waals surface area contributed by atoms with E-state index in [9.17, 15) is 17.6 Å². The first-order valence-corrected chi connectivity index (χ1v) is 8.87. The average Bonchev–Trinajstić information content (AvgIpc) is 2.45. The van der Waals surface area contributed by atoms with E-state index in [-0.39, 0.29) is 22.6 Å². The third-order valence-corrected chi connectivity index (χ3v) is 4.53. The third kappa shape index (κ3) is 3.92. The van der Waals surface area contributed by atoms with E-state index in [2.05, 4.69) is 15.9 Å². The maximum absolute atomic E-state index is 13.7. The maximum Gasteiger partial charge on any atom is 0.339 e. The molecule has 0 heterocycles. The number of carbonyl (C=O) groups is 1. The number of carbonyl (C=O) groups excluding carboxylic acids is 1. The number of sulfone groups is 1. The summed E-state index contributed by atoms with van der Waals surface area (Å²) >= 11 is 3.13. The highest BCUT2D eigenvalue weighted by molar-refractivity contribution is 9.10. The maximum atomic E-state index is 13.7. The van der Waals surface area contributed by atoms with Crippen molar-refractivity contribution in [1.29, 1.82) is 0 Å². The lowest BCUT2D eigenvalue weighted by Gasteiger charge is -2.09. The molecular weight excluding hydrogens is 375 g/mol. The minimum absolute atomic E-state index is 0.0671. The minimum atomic E-state index is -3.56. The van der Waals surface area contributed by atoms with Crippen LogP contribution in [-0.2, 0) is 21.2 Å². The average molecular weight is 387 g/mol. The van der Waals surface area contributed by atoms with Crippen LogP contribution in [0.3, 0.4) is 0 Å². The number of rotatable bonds is 4. The monoisotopic (exact) mass is 386 g/mol. The SMILES string of the molecule is CS(=O)(=O)c1ccccc1C(=O)OCc1ccc(Br)cc1F. The lowest BCUT2D eigenvalue weighted by Crippen LogP contribution is -2.11. The standard InChI is InChI=1S/C15H12BrFO4S/c1-22(19,20)14-5-3-2-4-12(14)15(18)21-9-10-6-7-11(16)8-13(10)17/h2-8H,9H2,1H3. The Morgan fingerprint density at radius 3 is 2.55 bits per heavy atom. The summed E-state index contributed by atoms with van der Waals surface area (Å²) in [6.45, 7) is -0.282. The number of halogens is 2. The first-order chi connectivity index (χ1) is 10.3. The van der Waals surface area contributed by atoms with Crippen molar-refractivity contribution in [1.82, 2.24) is 0 Å². The summed E-state index contributed by atoms with van der Waals surface area (Å²) < 4.78 is 42.5. The second kappa shape index (κ2) is 6.58. The van der Waals surface area contributed by atoms with Gasteiger partial charge in [-0.1, -0.05) is 34.1 Å². The van der Waals surface area contributed by atoms with Crippen LogP contribution in [0.2, 0.25) is 0 Å². The first-order valence-electron chi connectivity index (χ1n) is 6.19. The lowest BCUT2D eigenvalue weighted by atomic mass is 10.2. The summed E-state index contributed by atoms with van der Waals surface area (Å²) in [5.41, 5.74) is 0.135. The van der Waals surface area contributed by atoms with Gasteiger partial charge >= 0.3 is 5.97 Å². The molecule has 4 nitrogen and oxygen atoms in total. The summed E-state index contributed by atoms with van der Waals surface area (Å²) in [7, 11) is -3.56. The van der Waals surface area contributed by atoms with Crippen molar-refractivity contribution in [3.8, 4) is 0 Å². The van der Waals surface area contributed by atoms with Crippen molar-refractivity contribution in [2.75, 3.05) is 6.26 Å². The number of ether oxygens (including phenoxy) is 1. The highest BCUT2D eigenvalue weighted by atomic mass is 79.9. The molecule has 0 spiro atoms. The quantitative estimate of drug-likeness (QED) is 0.755. The summed E-state index contributed by atoms with van der Waals surface area (Å²) in [4.78, 5) is 11.9. The molecule has 0 saturated heterocycles. The van der Waals surface area contributed by atoms with Gasteiger partial charge in [0.15, 0.2) is 9.84 Å². The van der Waals surface area contributed by atoms with Crippen LogP contribution in [0, 0.1) is 5.82 Å². The van der Waals surface area contributed by atoms with E-state index in [1.807, 2.05) is 0 Å². The van der Waals surface area contributed by atoms with E-state index in [1.165, 1.54) is 36.4 Å². The van der Waals surface area contributed by atoms with Gasteiger partial charge in [-0.3, -0.25) is 0 Å². The molecule has 0 amide bonds. The molecule has 0 aliphatic carbocycles. The predicted octanol–water partition coefficient (Wildman–Crippen LogP) is 3.35. The Morgan fingerprint density at radius 2 is 1.91 bits per heavy atom. The second-order valence-corrected chi connectivity index (χ2v) is 7.48. The van der Waals surface area contributed by atoms with Gasteiger partial charge in [-0.25, -0.2) is 17.6 Å². The van der Waals surface area contributed by atoms with Crippen LogP contribution in [0.4, 0.5) is 4.39 Å². The molecule has 0 unspecified atom stereocenters. The first kappa shape index (κ1) is 16.6. The Hall–Kier alpha value is -1.73. The minimum Gasteiger partial charge on any atom is -0.457 e. The highest BCUT2D eigenvalue weighted by Crippen LogP contribution is 2.19. The number of esters is 1. The zero-order valence-corrected chi connectivity index (χ0v) is 13.9. The van der Waals surface area contributed by atoms with Crippen molar-refractivity contribution >= 4 is 31.7 Å². The zero-order chi connectivity index (χ0) is 16.3. The summed E-state index contributed by atoms with van der Waals surface area (Å²) in [5, 5.41) is 0. The summed E-state index contributed by atoms with van der Waals surface area (Å²) in [5.74, 6) is -1.33. The van der Waals surface area contributed by atoms with Crippen molar-refractivity contribution < 1.29 is 22.3 Å². The van der Waals surface area contributed by atoms with Crippen molar-refractivity contribution in [2.24, 2.45) is 0 Å². The molecule has 0 fully saturated rings. The topological polar surface area (TPSA) is 60.4 Å². The largest absolute Gasteiger partial charge is 0.457 e. The van der Waals surface area contributed by atoms with Crippen LogP contribution < -0.4 is 0 Å².